The van der Waals surface area contributed by atoms with Gasteiger partial charge in [-0.2, -0.15) is 0 Å². The van der Waals surface area contributed by atoms with Crippen LogP contribution in [0.5, 0.6) is 0 Å². The number of amides is 1. The lowest BCUT2D eigenvalue weighted by atomic mass is 10.1. The van der Waals surface area contributed by atoms with Gasteiger partial charge in [0.05, 0.1) is 12.3 Å². The van der Waals surface area contributed by atoms with E-state index in [9.17, 15) is 9.59 Å². The SMILES string of the molecule is CCOC(=O)c1c(-c2ccccc2)[nH]n2c(C(=O)Nc3ccccn3)nnc12. The van der Waals surface area contributed by atoms with Crippen LogP contribution >= 0.6 is 0 Å². The molecule has 9 nitrogen and oxygen atoms in total. The van der Waals surface area contributed by atoms with Crippen molar-refractivity contribution in [3.63, 3.8) is 0 Å². The standard InChI is InChI=1S/C19H16N6O3/c1-2-28-19(27)14-15(12-8-4-3-5-9-12)24-25-16(14)22-23-17(25)18(26)21-13-10-6-7-11-20-13/h3-11,24H,2H2,1H3,(H,20,21,26). The van der Waals surface area contributed by atoms with Crippen molar-refractivity contribution in [3.05, 3.63) is 66.1 Å². The van der Waals surface area contributed by atoms with Crippen LogP contribution in [0.1, 0.15) is 27.9 Å². The minimum atomic E-state index is -0.545. The number of pyridine rings is 1. The van der Waals surface area contributed by atoms with E-state index in [1.807, 2.05) is 30.3 Å². The van der Waals surface area contributed by atoms with E-state index in [-0.39, 0.29) is 23.6 Å². The van der Waals surface area contributed by atoms with Crippen LogP contribution in [0.2, 0.25) is 0 Å². The molecule has 4 aromatic rings. The molecule has 0 aliphatic heterocycles. The Labute approximate surface area is 159 Å². The van der Waals surface area contributed by atoms with Crippen LogP contribution < -0.4 is 5.32 Å². The molecule has 0 fully saturated rings. The quantitative estimate of drug-likeness (QED) is 0.517. The lowest BCUT2D eigenvalue weighted by Gasteiger charge is -2.03. The zero-order chi connectivity index (χ0) is 19.5. The van der Waals surface area contributed by atoms with Gasteiger partial charge >= 0.3 is 5.97 Å². The number of esters is 1. The van der Waals surface area contributed by atoms with Crippen LogP contribution in [0.4, 0.5) is 5.82 Å². The number of carbonyl (C=O) groups excluding carboxylic acids is 2. The van der Waals surface area contributed by atoms with Crippen LogP contribution in [0.15, 0.2) is 54.7 Å². The fraction of sp³-hybridized carbons (Fsp3) is 0.105. The number of hydrogen-bond donors (Lipinski definition) is 2. The van der Waals surface area contributed by atoms with Gasteiger partial charge in [0.15, 0.2) is 5.65 Å². The van der Waals surface area contributed by atoms with E-state index in [2.05, 4.69) is 25.6 Å². The highest BCUT2D eigenvalue weighted by Crippen LogP contribution is 2.26. The third-order valence-corrected chi connectivity index (χ3v) is 4.01. The number of aromatic amines is 1. The fourth-order valence-corrected chi connectivity index (χ4v) is 2.80. The minimum absolute atomic E-state index is 0.00613. The summed E-state index contributed by atoms with van der Waals surface area (Å²) in [6.07, 6.45) is 1.57. The smallest absolute Gasteiger partial charge is 0.344 e. The van der Waals surface area contributed by atoms with Crippen molar-refractivity contribution in [2.45, 2.75) is 6.92 Å². The number of H-pyrrole nitrogens is 1. The average molecular weight is 376 g/mol. The molecular formula is C19H16N6O3. The van der Waals surface area contributed by atoms with E-state index in [1.54, 1.807) is 31.3 Å². The molecule has 0 radical (unpaired) electrons. The van der Waals surface area contributed by atoms with Crippen molar-refractivity contribution in [2.24, 2.45) is 0 Å². The number of nitrogens with one attached hydrogen (secondary N) is 2. The Balaban J connectivity index is 1.81. The first-order chi connectivity index (χ1) is 13.7. The van der Waals surface area contributed by atoms with Gasteiger partial charge in [0.1, 0.15) is 11.4 Å². The van der Waals surface area contributed by atoms with Crippen molar-refractivity contribution in [2.75, 3.05) is 11.9 Å². The highest BCUT2D eigenvalue weighted by molar-refractivity contribution is 6.05. The summed E-state index contributed by atoms with van der Waals surface area (Å²) in [6.45, 7) is 1.94. The fourth-order valence-electron chi connectivity index (χ4n) is 2.80. The first kappa shape index (κ1) is 17.4. The van der Waals surface area contributed by atoms with Crippen molar-refractivity contribution < 1.29 is 14.3 Å². The molecule has 4 rings (SSSR count). The van der Waals surface area contributed by atoms with Crippen molar-refractivity contribution >= 4 is 23.3 Å². The Hall–Kier alpha value is -4.01. The third kappa shape index (κ3) is 3.09. The van der Waals surface area contributed by atoms with E-state index in [1.165, 1.54) is 4.52 Å². The maximum Gasteiger partial charge on any atom is 0.344 e. The molecule has 0 bridgehead atoms. The molecule has 140 valence electrons. The second-order valence-electron chi connectivity index (χ2n) is 5.80. The summed E-state index contributed by atoms with van der Waals surface area (Å²) in [5, 5.41) is 13.6. The molecule has 28 heavy (non-hydrogen) atoms. The highest BCUT2D eigenvalue weighted by atomic mass is 16.5. The predicted octanol–water partition coefficient (Wildman–Crippen LogP) is 2.55. The summed E-state index contributed by atoms with van der Waals surface area (Å²) in [4.78, 5) is 29.2. The van der Waals surface area contributed by atoms with Gasteiger partial charge in [0.2, 0.25) is 5.82 Å². The highest BCUT2D eigenvalue weighted by Gasteiger charge is 2.27. The third-order valence-electron chi connectivity index (χ3n) is 4.01. The zero-order valence-corrected chi connectivity index (χ0v) is 14.9. The molecule has 0 saturated heterocycles. The average Bonchev–Trinajstić information content (AvgIpc) is 3.28. The molecule has 1 aromatic carbocycles. The monoisotopic (exact) mass is 376 g/mol. The molecule has 0 atom stereocenters. The minimum Gasteiger partial charge on any atom is -0.462 e. The van der Waals surface area contributed by atoms with Gasteiger partial charge in [-0.25, -0.2) is 14.3 Å². The molecule has 0 unspecified atom stereocenters. The summed E-state index contributed by atoms with van der Waals surface area (Å²) in [5.41, 5.74) is 1.68. The van der Waals surface area contributed by atoms with Crippen LogP contribution in [0, 0.1) is 0 Å². The second kappa shape index (κ2) is 7.31. The summed E-state index contributed by atoms with van der Waals surface area (Å²) in [5.74, 6) is -0.683. The second-order valence-corrected chi connectivity index (χ2v) is 5.80. The summed E-state index contributed by atoms with van der Waals surface area (Å²) < 4.78 is 6.54. The van der Waals surface area contributed by atoms with Gasteiger partial charge in [-0.3, -0.25) is 9.89 Å². The predicted molar refractivity (Wildman–Crippen MR) is 101 cm³/mol. The van der Waals surface area contributed by atoms with Gasteiger partial charge in [-0.1, -0.05) is 36.4 Å². The Morgan fingerprint density at radius 2 is 1.89 bits per heavy atom. The van der Waals surface area contributed by atoms with Crippen LogP contribution in [0.3, 0.4) is 0 Å². The number of fused-ring (bicyclic) bond motifs is 1. The first-order valence-electron chi connectivity index (χ1n) is 8.61. The molecule has 0 saturated carbocycles. The molecule has 0 spiro atoms. The molecule has 9 heteroatoms. The Kier molecular flexibility index (Phi) is 4.55. The van der Waals surface area contributed by atoms with E-state index in [4.69, 9.17) is 4.74 Å². The summed E-state index contributed by atoms with van der Waals surface area (Å²) in [6, 6.07) is 14.4. The molecule has 3 aromatic heterocycles. The van der Waals surface area contributed by atoms with Crippen molar-refractivity contribution in [1.82, 2.24) is 24.8 Å². The Bertz CT molecular complexity index is 1130. The van der Waals surface area contributed by atoms with E-state index in [0.29, 0.717) is 11.5 Å². The van der Waals surface area contributed by atoms with Crippen LogP contribution in [-0.2, 0) is 4.74 Å². The number of rotatable bonds is 5. The molecule has 3 heterocycles. The van der Waals surface area contributed by atoms with Crippen molar-refractivity contribution in [1.29, 1.82) is 0 Å². The maximum absolute atomic E-state index is 12.6. The molecule has 2 N–H and O–H groups in total. The van der Waals surface area contributed by atoms with Gasteiger partial charge in [-0.15, -0.1) is 10.2 Å². The number of ether oxygens (including phenoxy) is 1. The molecular weight excluding hydrogens is 360 g/mol. The van der Waals surface area contributed by atoms with Crippen molar-refractivity contribution in [3.8, 4) is 11.3 Å². The summed E-state index contributed by atoms with van der Waals surface area (Å²) >= 11 is 0. The van der Waals surface area contributed by atoms with E-state index in [0.717, 1.165) is 5.56 Å². The van der Waals surface area contributed by atoms with E-state index >= 15 is 0 Å². The Morgan fingerprint density at radius 1 is 1.11 bits per heavy atom. The molecule has 0 aliphatic rings. The number of aromatic nitrogens is 5. The number of hydrogen-bond acceptors (Lipinski definition) is 6. The number of anilines is 1. The van der Waals surface area contributed by atoms with E-state index < -0.39 is 11.9 Å². The van der Waals surface area contributed by atoms with Gasteiger partial charge in [0, 0.05) is 11.8 Å². The lowest BCUT2D eigenvalue weighted by molar-refractivity contribution is 0.0529. The number of benzene rings is 1. The molecule has 1 amide bonds. The topological polar surface area (TPSA) is 114 Å². The summed E-state index contributed by atoms with van der Waals surface area (Å²) in [7, 11) is 0. The molecule has 0 aliphatic carbocycles. The maximum atomic E-state index is 12.6. The van der Waals surface area contributed by atoms with Gasteiger partial charge < -0.3 is 10.1 Å². The van der Waals surface area contributed by atoms with Gasteiger partial charge in [-0.05, 0) is 19.1 Å². The lowest BCUT2D eigenvalue weighted by Crippen LogP contribution is -2.16. The Morgan fingerprint density at radius 3 is 2.61 bits per heavy atom. The number of nitrogens with zero attached hydrogens (tertiary/aromatic N) is 4. The number of carbonyl (C=O) groups is 2. The zero-order valence-electron chi connectivity index (χ0n) is 14.9. The largest absolute Gasteiger partial charge is 0.462 e. The van der Waals surface area contributed by atoms with Gasteiger partial charge in [0.25, 0.3) is 5.91 Å². The normalized spacial score (nSPS) is 10.8. The van der Waals surface area contributed by atoms with Crippen LogP contribution in [-0.4, -0.2) is 43.3 Å². The first-order valence-corrected chi connectivity index (χ1v) is 8.61. The van der Waals surface area contributed by atoms with Crippen LogP contribution in [0.25, 0.3) is 16.9 Å².